The van der Waals surface area contributed by atoms with Crippen molar-refractivity contribution >= 4 is 22.8 Å². The van der Waals surface area contributed by atoms with E-state index in [9.17, 15) is 14.7 Å². The molecule has 30 heavy (non-hydrogen) atoms. The van der Waals surface area contributed by atoms with Crippen molar-refractivity contribution in [1.82, 2.24) is 14.4 Å². The first kappa shape index (κ1) is 20.9. The Morgan fingerprint density at radius 1 is 1.03 bits per heavy atom. The summed E-state index contributed by atoms with van der Waals surface area (Å²) in [6, 6.07) is 7.90. The van der Waals surface area contributed by atoms with Crippen LogP contribution in [-0.2, 0) is 18.3 Å². The van der Waals surface area contributed by atoms with Crippen LogP contribution < -0.4 is 0 Å². The number of amides is 1. The first-order chi connectivity index (χ1) is 14.4. The van der Waals surface area contributed by atoms with Crippen molar-refractivity contribution in [2.24, 2.45) is 18.9 Å². The Morgan fingerprint density at radius 3 is 2.53 bits per heavy atom. The second kappa shape index (κ2) is 8.80. The number of para-hydroxylation sites is 1. The molecule has 162 valence electrons. The number of aryl methyl sites for hydroxylation is 1. The smallest absolute Gasteiger partial charge is 0.352 e. The Balaban J connectivity index is 1.43. The minimum Gasteiger partial charge on any atom is -0.477 e. The number of piperidine rings is 1. The molecule has 2 aromatic rings. The maximum atomic E-state index is 13.0. The summed E-state index contributed by atoms with van der Waals surface area (Å²) >= 11 is 0. The molecule has 0 radical (unpaired) electrons. The standard InChI is InChI=1S/C24H33N3O3/c1-25-12-9-18(10-13-25)23(28)27-11-4-5-17(8-14-27)15-19-6-3-7-20-16-21(24(29)30)26(2)22(19)20/h3,6-7,16-18H,4-5,8-15H2,1-2H3,(H,29,30). The van der Waals surface area contributed by atoms with E-state index in [-0.39, 0.29) is 5.92 Å². The van der Waals surface area contributed by atoms with E-state index in [2.05, 4.69) is 22.9 Å². The number of aromatic carboxylic acids is 1. The molecule has 0 aliphatic carbocycles. The Kier molecular flexibility index (Phi) is 6.14. The van der Waals surface area contributed by atoms with E-state index in [0.29, 0.717) is 17.5 Å². The predicted molar refractivity (Wildman–Crippen MR) is 118 cm³/mol. The zero-order valence-corrected chi connectivity index (χ0v) is 18.1. The molecule has 0 saturated carbocycles. The second-order valence-corrected chi connectivity index (χ2v) is 9.15. The van der Waals surface area contributed by atoms with Gasteiger partial charge >= 0.3 is 5.97 Å². The number of hydrogen-bond acceptors (Lipinski definition) is 3. The number of hydrogen-bond donors (Lipinski definition) is 1. The summed E-state index contributed by atoms with van der Waals surface area (Å²) in [7, 11) is 3.97. The van der Waals surface area contributed by atoms with Crippen LogP contribution in [0.15, 0.2) is 24.3 Å². The molecule has 0 spiro atoms. The fraction of sp³-hybridized carbons (Fsp3) is 0.583. The summed E-state index contributed by atoms with van der Waals surface area (Å²) in [5.41, 5.74) is 2.56. The molecule has 0 bridgehead atoms. The lowest BCUT2D eigenvalue weighted by molar-refractivity contribution is -0.136. The van der Waals surface area contributed by atoms with Crippen LogP contribution in [-0.4, -0.2) is 64.6 Å². The lowest BCUT2D eigenvalue weighted by Gasteiger charge is -2.32. The van der Waals surface area contributed by atoms with Gasteiger partial charge in [-0.05, 0) is 76.2 Å². The van der Waals surface area contributed by atoms with E-state index in [1.54, 1.807) is 10.6 Å². The van der Waals surface area contributed by atoms with Gasteiger partial charge in [-0.3, -0.25) is 4.79 Å². The van der Waals surface area contributed by atoms with Gasteiger partial charge in [-0.15, -0.1) is 0 Å². The largest absolute Gasteiger partial charge is 0.477 e. The number of carbonyl (C=O) groups is 2. The predicted octanol–water partition coefficient (Wildman–Crippen LogP) is 3.39. The highest BCUT2D eigenvalue weighted by molar-refractivity contribution is 5.95. The van der Waals surface area contributed by atoms with Crippen molar-refractivity contribution in [2.75, 3.05) is 33.2 Å². The topological polar surface area (TPSA) is 65.8 Å². The van der Waals surface area contributed by atoms with Crippen molar-refractivity contribution in [3.8, 4) is 0 Å². The molecule has 1 atom stereocenters. The molecule has 1 unspecified atom stereocenters. The van der Waals surface area contributed by atoms with E-state index >= 15 is 0 Å². The lowest BCUT2D eigenvalue weighted by Crippen LogP contribution is -2.42. The SMILES string of the molecule is CN1CCC(C(=O)N2CCCC(Cc3cccc4cc(C(=O)O)n(C)c34)CC2)CC1. The third-order valence-electron chi connectivity index (χ3n) is 7.09. The first-order valence-corrected chi connectivity index (χ1v) is 11.2. The molecule has 6 nitrogen and oxygen atoms in total. The van der Waals surface area contributed by atoms with Crippen molar-refractivity contribution in [3.63, 3.8) is 0 Å². The summed E-state index contributed by atoms with van der Waals surface area (Å²) < 4.78 is 1.81. The maximum absolute atomic E-state index is 13.0. The summed E-state index contributed by atoms with van der Waals surface area (Å²) in [4.78, 5) is 29.0. The molecule has 4 rings (SSSR count). The number of likely N-dealkylation sites (tertiary alicyclic amines) is 2. The fourth-order valence-electron chi connectivity index (χ4n) is 5.29. The minimum atomic E-state index is -0.892. The van der Waals surface area contributed by atoms with E-state index in [4.69, 9.17) is 0 Å². The van der Waals surface area contributed by atoms with Crippen LogP contribution in [0.2, 0.25) is 0 Å². The third-order valence-corrected chi connectivity index (χ3v) is 7.09. The average molecular weight is 412 g/mol. The highest BCUT2D eigenvalue weighted by atomic mass is 16.4. The van der Waals surface area contributed by atoms with E-state index in [1.165, 1.54) is 5.56 Å². The minimum absolute atomic E-state index is 0.198. The zero-order valence-electron chi connectivity index (χ0n) is 18.1. The van der Waals surface area contributed by atoms with Crippen molar-refractivity contribution in [3.05, 3.63) is 35.5 Å². The monoisotopic (exact) mass is 411 g/mol. The fourth-order valence-corrected chi connectivity index (χ4v) is 5.29. The molecule has 6 heteroatoms. The number of fused-ring (bicyclic) bond motifs is 1. The molecule has 2 aliphatic heterocycles. The number of carbonyl (C=O) groups excluding carboxylic acids is 1. The quantitative estimate of drug-likeness (QED) is 0.838. The molecular weight excluding hydrogens is 378 g/mol. The summed E-state index contributed by atoms with van der Waals surface area (Å²) in [5, 5.41) is 10.4. The maximum Gasteiger partial charge on any atom is 0.352 e. The van der Waals surface area contributed by atoms with Crippen LogP contribution in [0.4, 0.5) is 0 Å². The summed E-state index contributed by atoms with van der Waals surface area (Å²) in [6.45, 7) is 3.76. The molecule has 2 fully saturated rings. The normalized spacial score (nSPS) is 21.7. The van der Waals surface area contributed by atoms with E-state index in [0.717, 1.165) is 75.6 Å². The van der Waals surface area contributed by atoms with Gasteiger partial charge in [0.15, 0.2) is 0 Å². The van der Waals surface area contributed by atoms with Gasteiger partial charge in [0.25, 0.3) is 0 Å². The molecule has 2 aliphatic rings. The van der Waals surface area contributed by atoms with Gasteiger partial charge in [-0.25, -0.2) is 4.79 Å². The average Bonchev–Trinajstić information content (AvgIpc) is 2.91. The first-order valence-electron chi connectivity index (χ1n) is 11.2. The number of aromatic nitrogens is 1. The van der Waals surface area contributed by atoms with Crippen molar-refractivity contribution in [1.29, 1.82) is 0 Å². The number of benzene rings is 1. The van der Waals surface area contributed by atoms with Gasteiger partial charge < -0.3 is 19.5 Å². The number of nitrogens with zero attached hydrogens (tertiary/aromatic N) is 3. The molecule has 1 aromatic carbocycles. The molecule has 3 heterocycles. The Labute approximate surface area is 178 Å². The third kappa shape index (κ3) is 4.24. The van der Waals surface area contributed by atoms with Gasteiger partial charge in [0, 0.05) is 31.4 Å². The van der Waals surface area contributed by atoms with Gasteiger partial charge in [0.2, 0.25) is 5.91 Å². The van der Waals surface area contributed by atoms with Crippen LogP contribution in [0.3, 0.4) is 0 Å². The highest BCUT2D eigenvalue weighted by Gasteiger charge is 2.29. The van der Waals surface area contributed by atoms with Gasteiger partial charge in [-0.2, -0.15) is 0 Å². The van der Waals surface area contributed by atoms with E-state index in [1.807, 2.05) is 19.2 Å². The van der Waals surface area contributed by atoms with Crippen LogP contribution in [0.5, 0.6) is 0 Å². The highest BCUT2D eigenvalue weighted by Crippen LogP contribution is 2.29. The van der Waals surface area contributed by atoms with Crippen LogP contribution in [0.25, 0.3) is 10.9 Å². The zero-order chi connectivity index (χ0) is 21.3. The molecule has 1 N–H and O–H groups in total. The number of rotatable bonds is 4. The molecular formula is C24H33N3O3. The van der Waals surface area contributed by atoms with Gasteiger partial charge in [-0.1, -0.05) is 18.2 Å². The molecule has 1 amide bonds. The Bertz CT molecular complexity index is 927. The second-order valence-electron chi connectivity index (χ2n) is 9.15. The summed E-state index contributed by atoms with van der Waals surface area (Å²) in [6.07, 6.45) is 6.08. The van der Waals surface area contributed by atoms with Crippen molar-refractivity contribution < 1.29 is 14.7 Å². The molecule has 1 aromatic heterocycles. The van der Waals surface area contributed by atoms with Gasteiger partial charge in [0.05, 0.1) is 5.52 Å². The van der Waals surface area contributed by atoms with Crippen LogP contribution in [0.1, 0.15) is 48.2 Å². The van der Waals surface area contributed by atoms with Crippen LogP contribution >= 0.6 is 0 Å². The van der Waals surface area contributed by atoms with Gasteiger partial charge in [0.1, 0.15) is 5.69 Å². The van der Waals surface area contributed by atoms with Crippen LogP contribution in [0, 0.1) is 11.8 Å². The Morgan fingerprint density at radius 2 is 1.80 bits per heavy atom. The lowest BCUT2D eigenvalue weighted by atomic mass is 9.92. The van der Waals surface area contributed by atoms with E-state index < -0.39 is 5.97 Å². The summed E-state index contributed by atoms with van der Waals surface area (Å²) in [5.74, 6) is 0.190. The number of carboxylic acids is 1. The number of carboxylic acid groups (broad SMARTS) is 1. The Hall–Kier alpha value is -2.34. The van der Waals surface area contributed by atoms with Crippen molar-refractivity contribution in [2.45, 2.75) is 38.5 Å². The molecule has 2 saturated heterocycles.